The van der Waals surface area contributed by atoms with Crippen LogP contribution in [0.3, 0.4) is 0 Å². The number of rotatable bonds is 3. The van der Waals surface area contributed by atoms with Crippen LogP contribution in [0.25, 0.3) is 16.5 Å². The van der Waals surface area contributed by atoms with Crippen LogP contribution in [0.5, 0.6) is 0 Å². The summed E-state index contributed by atoms with van der Waals surface area (Å²) in [6.07, 6.45) is 1.23. The van der Waals surface area contributed by atoms with Crippen molar-refractivity contribution in [1.82, 2.24) is 14.8 Å². The molecule has 0 amide bonds. The van der Waals surface area contributed by atoms with E-state index in [0.29, 0.717) is 35.5 Å². The van der Waals surface area contributed by atoms with E-state index in [2.05, 4.69) is 10.1 Å². The van der Waals surface area contributed by atoms with Crippen molar-refractivity contribution in [3.05, 3.63) is 57.6 Å². The number of aryl methyl sites for hydroxylation is 2. The van der Waals surface area contributed by atoms with Crippen LogP contribution >= 0.6 is 0 Å². The predicted octanol–water partition coefficient (Wildman–Crippen LogP) is 3.75. The summed E-state index contributed by atoms with van der Waals surface area (Å²) < 4.78 is 34.2. The highest BCUT2D eigenvalue weighted by Gasteiger charge is 2.35. The average molecular weight is 426 g/mol. The molecule has 2 saturated heterocycles. The molecule has 2 aliphatic rings. The van der Waals surface area contributed by atoms with Crippen LogP contribution in [-0.2, 0) is 4.74 Å². The summed E-state index contributed by atoms with van der Waals surface area (Å²) in [6, 6.07) is 7.42. The lowest BCUT2D eigenvalue weighted by atomic mass is 10.0. The van der Waals surface area contributed by atoms with Gasteiger partial charge in [-0.3, -0.25) is 9.78 Å². The smallest absolute Gasteiger partial charge is 0.279 e. The molecule has 5 rings (SSSR count). The molecule has 6 nitrogen and oxygen atoms in total. The molecule has 0 unspecified atom stereocenters. The summed E-state index contributed by atoms with van der Waals surface area (Å²) in [5, 5.41) is 5.93. The number of halogens is 2. The second-order valence-electron chi connectivity index (χ2n) is 8.54. The van der Waals surface area contributed by atoms with Crippen LogP contribution < -0.4 is 10.5 Å². The zero-order chi connectivity index (χ0) is 21.8. The van der Waals surface area contributed by atoms with E-state index in [1.165, 1.54) is 4.68 Å². The third-order valence-electron chi connectivity index (χ3n) is 6.35. The van der Waals surface area contributed by atoms with Crippen LogP contribution in [0, 0.1) is 13.8 Å². The van der Waals surface area contributed by atoms with E-state index in [0.717, 1.165) is 16.8 Å². The summed E-state index contributed by atoms with van der Waals surface area (Å²) in [7, 11) is 0. The van der Waals surface area contributed by atoms with Gasteiger partial charge in [0.05, 0.1) is 30.0 Å². The Bertz CT molecular complexity index is 1210. The number of alkyl halides is 2. The maximum Gasteiger partial charge on any atom is 0.279 e. The second kappa shape index (κ2) is 7.37. The summed E-state index contributed by atoms with van der Waals surface area (Å²) in [4.78, 5) is 19.7. The summed E-state index contributed by atoms with van der Waals surface area (Å²) >= 11 is 0. The molecule has 3 aromatic rings. The SMILES string of the molecule is Cc1cc2c(N3CCC(F)(F)CC3)nn(-c3ccnc(C4COC4)c3)c(=O)c2cc1C. The second-order valence-corrected chi connectivity index (χ2v) is 8.54. The summed E-state index contributed by atoms with van der Waals surface area (Å²) in [5.41, 5.74) is 3.28. The van der Waals surface area contributed by atoms with Crippen LogP contribution in [0.2, 0.25) is 0 Å². The molecule has 8 heteroatoms. The minimum atomic E-state index is -2.65. The Morgan fingerprint density at radius 1 is 1.06 bits per heavy atom. The third-order valence-corrected chi connectivity index (χ3v) is 6.35. The monoisotopic (exact) mass is 426 g/mol. The van der Waals surface area contributed by atoms with E-state index in [4.69, 9.17) is 4.74 Å². The van der Waals surface area contributed by atoms with Crippen molar-refractivity contribution in [2.75, 3.05) is 31.2 Å². The molecule has 162 valence electrons. The van der Waals surface area contributed by atoms with Crippen LogP contribution in [0.4, 0.5) is 14.6 Å². The minimum Gasteiger partial charge on any atom is -0.380 e. The van der Waals surface area contributed by atoms with Gasteiger partial charge in [-0.1, -0.05) is 0 Å². The molecule has 0 N–H and O–H groups in total. The van der Waals surface area contributed by atoms with Gasteiger partial charge in [0.15, 0.2) is 5.82 Å². The molecule has 2 fully saturated rings. The quantitative estimate of drug-likeness (QED) is 0.639. The molecule has 0 aliphatic carbocycles. The van der Waals surface area contributed by atoms with Crippen LogP contribution in [0.15, 0.2) is 35.3 Å². The number of hydrogen-bond donors (Lipinski definition) is 0. The van der Waals surface area contributed by atoms with Gasteiger partial charge in [0.2, 0.25) is 0 Å². The van der Waals surface area contributed by atoms with Crippen molar-refractivity contribution in [3.8, 4) is 5.69 Å². The number of pyridine rings is 1. The number of anilines is 1. The van der Waals surface area contributed by atoms with Gasteiger partial charge < -0.3 is 9.64 Å². The third kappa shape index (κ3) is 3.59. The molecule has 0 radical (unpaired) electrons. The molecule has 0 saturated carbocycles. The molecule has 2 aromatic heterocycles. The summed E-state index contributed by atoms with van der Waals surface area (Å²) in [5.74, 6) is -1.87. The zero-order valence-electron chi connectivity index (χ0n) is 17.6. The van der Waals surface area contributed by atoms with Gasteiger partial charge in [-0.25, -0.2) is 8.78 Å². The highest BCUT2D eigenvalue weighted by Crippen LogP contribution is 2.33. The van der Waals surface area contributed by atoms with Crippen molar-refractivity contribution in [1.29, 1.82) is 0 Å². The topological polar surface area (TPSA) is 60.3 Å². The van der Waals surface area contributed by atoms with Gasteiger partial charge in [-0.2, -0.15) is 4.68 Å². The van der Waals surface area contributed by atoms with Crippen molar-refractivity contribution in [3.63, 3.8) is 0 Å². The van der Waals surface area contributed by atoms with Crippen molar-refractivity contribution in [2.24, 2.45) is 0 Å². The predicted molar refractivity (Wildman–Crippen MR) is 115 cm³/mol. The molecular formula is C23H24F2N4O2. The standard InChI is InChI=1S/C23H24F2N4O2/c1-14-9-18-19(10-15(14)2)22(30)29(17-3-6-26-20(11-17)16-12-31-13-16)27-21(18)28-7-4-23(24,25)5-8-28/h3,6,9-11,16H,4-5,7-8,12-13H2,1-2H3. The molecule has 4 heterocycles. The zero-order valence-corrected chi connectivity index (χ0v) is 17.6. The van der Waals surface area contributed by atoms with E-state index in [1.807, 2.05) is 36.9 Å². The molecule has 1 aromatic carbocycles. The Morgan fingerprint density at radius 2 is 1.74 bits per heavy atom. The molecule has 0 spiro atoms. The number of aromatic nitrogens is 3. The van der Waals surface area contributed by atoms with Crippen LogP contribution in [-0.4, -0.2) is 47.0 Å². The maximum absolute atomic E-state index is 13.8. The Hall–Kier alpha value is -2.87. The molecule has 0 bridgehead atoms. The molecule has 31 heavy (non-hydrogen) atoms. The number of fused-ring (bicyclic) bond motifs is 1. The minimum absolute atomic E-state index is 0.196. The Kier molecular flexibility index (Phi) is 4.77. The first kappa shape index (κ1) is 20.1. The van der Waals surface area contributed by atoms with E-state index < -0.39 is 5.92 Å². The first-order chi connectivity index (χ1) is 14.8. The van der Waals surface area contributed by atoms with Gasteiger partial charge in [-0.15, -0.1) is 5.10 Å². The highest BCUT2D eigenvalue weighted by atomic mass is 19.3. The number of ether oxygens (including phenoxy) is 1. The van der Waals surface area contributed by atoms with E-state index >= 15 is 0 Å². The number of hydrogen-bond acceptors (Lipinski definition) is 5. The first-order valence-electron chi connectivity index (χ1n) is 10.5. The number of piperidine rings is 1. The van der Waals surface area contributed by atoms with Crippen molar-refractivity contribution in [2.45, 2.75) is 38.5 Å². The molecule has 0 atom stereocenters. The summed E-state index contributed by atoms with van der Waals surface area (Å²) in [6.45, 7) is 5.55. The fourth-order valence-electron chi connectivity index (χ4n) is 4.14. The van der Waals surface area contributed by atoms with Gasteiger partial charge in [-0.05, 0) is 49.2 Å². The fourth-order valence-corrected chi connectivity index (χ4v) is 4.14. The normalized spacial score (nSPS) is 18.9. The Morgan fingerprint density at radius 3 is 2.39 bits per heavy atom. The van der Waals surface area contributed by atoms with Gasteiger partial charge in [0.1, 0.15) is 0 Å². The lowest BCUT2D eigenvalue weighted by molar-refractivity contribution is -0.0221. The lowest BCUT2D eigenvalue weighted by Crippen LogP contribution is -2.40. The fraction of sp³-hybridized carbons (Fsp3) is 0.435. The van der Waals surface area contributed by atoms with Gasteiger partial charge in [0, 0.05) is 43.4 Å². The Balaban J connectivity index is 1.68. The van der Waals surface area contributed by atoms with Crippen molar-refractivity contribution < 1.29 is 13.5 Å². The van der Waals surface area contributed by atoms with E-state index in [1.54, 1.807) is 12.3 Å². The van der Waals surface area contributed by atoms with Crippen LogP contribution in [0.1, 0.15) is 35.6 Å². The van der Waals surface area contributed by atoms with E-state index in [9.17, 15) is 13.6 Å². The maximum atomic E-state index is 13.8. The van der Waals surface area contributed by atoms with Gasteiger partial charge >= 0.3 is 0 Å². The van der Waals surface area contributed by atoms with Crippen molar-refractivity contribution >= 4 is 16.6 Å². The number of benzene rings is 1. The Labute approximate surface area is 178 Å². The highest BCUT2D eigenvalue weighted by molar-refractivity contribution is 5.93. The molecular weight excluding hydrogens is 402 g/mol. The molecule has 2 aliphatic heterocycles. The lowest BCUT2D eigenvalue weighted by Gasteiger charge is -2.33. The average Bonchev–Trinajstić information content (AvgIpc) is 2.69. The number of nitrogens with zero attached hydrogens (tertiary/aromatic N) is 4. The first-order valence-corrected chi connectivity index (χ1v) is 10.5. The largest absolute Gasteiger partial charge is 0.380 e. The van der Waals surface area contributed by atoms with E-state index in [-0.39, 0.29) is 37.4 Å². The van der Waals surface area contributed by atoms with Gasteiger partial charge in [0.25, 0.3) is 11.5 Å².